The Balaban J connectivity index is 2.41. The van der Waals surface area contributed by atoms with Gasteiger partial charge in [-0.15, -0.1) is 0 Å². The van der Waals surface area contributed by atoms with Gasteiger partial charge in [-0.05, 0) is 32.0 Å². The topological polar surface area (TPSA) is 85.3 Å². The minimum Gasteiger partial charge on any atom is -0.469 e. The molecule has 0 aliphatic heterocycles. The van der Waals surface area contributed by atoms with Crippen molar-refractivity contribution >= 4 is 10.0 Å². The Bertz CT molecular complexity index is 386. The molecule has 0 amide bonds. The van der Waals surface area contributed by atoms with Crippen LogP contribution in [0.15, 0.2) is 22.8 Å². The first-order chi connectivity index (χ1) is 7.53. The van der Waals surface area contributed by atoms with Crippen molar-refractivity contribution in [2.24, 2.45) is 5.73 Å². The van der Waals surface area contributed by atoms with Gasteiger partial charge >= 0.3 is 0 Å². The Morgan fingerprint density at radius 1 is 1.56 bits per heavy atom. The number of rotatable bonds is 7. The lowest BCUT2D eigenvalue weighted by Gasteiger charge is -2.12. The first kappa shape index (κ1) is 13.2. The van der Waals surface area contributed by atoms with Crippen molar-refractivity contribution in [1.82, 2.24) is 4.72 Å². The Morgan fingerprint density at radius 2 is 2.31 bits per heavy atom. The lowest BCUT2D eigenvalue weighted by Crippen LogP contribution is -2.36. The fourth-order valence-electron chi connectivity index (χ4n) is 1.41. The molecular formula is C10H18N2O3S. The number of furan rings is 1. The number of hydrogen-bond donors (Lipinski definition) is 2. The van der Waals surface area contributed by atoms with Gasteiger partial charge in [0.1, 0.15) is 5.76 Å². The SMILES string of the molecule is CC(Cc1ccco1)NS(=O)(=O)CCCN. The van der Waals surface area contributed by atoms with Crippen LogP contribution in [0.5, 0.6) is 0 Å². The second kappa shape index (κ2) is 6.03. The summed E-state index contributed by atoms with van der Waals surface area (Å²) in [5.74, 6) is 0.848. The van der Waals surface area contributed by atoms with E-state index in [0.29, 0.717) is 19.4 Å². The van der Waals surface area contributed by atoms with E-state index in [0.717, 1.165) is 5.76 Å². The van der Waals surface area contributed by atoms with Crippen LogP contribution in [0.1, 0.15) is 19.1 Å². The third-order valence-corrected chi connectivity index (χ3v) is 3.67. The van der Waals surface area contributed by atoms with Crippen LogP contribution in [0.25, 0.3) is 0 Å². The second-order valence-corrected chi connectivity index (χ2v) is 5.64. The third kappa shape index (κ3) is 4.78. The zero-order chi connectivity index (χ0) is 12.0. The van der Waals surface area contributed by atoms with E-state index in [1.54, 1.807) is 12.3 Å². The molecule has 0 radical (unpaired) electrons. The summed E-state index contributed by atoms with van der Waals surface area (Å²) in [5, 5.41) is 0. The summed E-state index contributed by atoms with van der Waals surface area (Å²) in [5.41, 5.74) is 5.27. The van der Waals surface area contributed by atoms with Crippen molar-refractivity contribution < 1.29 is 12.8 Å². The van der Waals surface area contributed by atoms with Gasteiger partial charge in [0.2, 0.25) is 10.0 Å². The molecule has 1 unspecified atom stereocenters. The predicted molar refractivity (Wildman–Crippen MR) is 62.5 cm³/mol. The molecular weight excluding hydrogens is 228 g/mol. The second-order valence-electron chi connectivity index (χ2n) is 3.76. The highest BCUT2D eigenvalue weighted by Gasteiger charge is 2.14. The smallest absolute Gasteiger partial charge is 0.211 e. The molecule has 0 spiro atoms. The van der Waals surface area contributed by atoms with Gasteiger partial charge in [-0.3, -0.25) is 0 Å². The van der Waals surface area contributed by atoms with Gasteiger partial charge in [0.05, 0.1) is 12.0 Å². The van der Waals surface area contributed by atoms with Gasteiger partial charge in [0.15, 0.2) is 0 Å². The first-order valence-corrected chi connectivity index (χ1v) is 6.91. The van der Waals surface area contributed by atoms with Crippen molar-refractivity contribution in [3.05, 3.63) is 24.2 Å². The van der Waals surface area contributed by atoms with Gasteiger partial charge in [0, 0.05) is 12.5 Å². The van der Waals surface area contributed by atoms with Crippen LogP contribution in [0, 0.1) is 0 Å². The van der Waals surface area contributed by atoms with Crippen LogP contribution in [0.3, 0.4) is 0 Å². The lowest BCUT2D eigenvalue weighted by molar-refractivity contribution is 0.478. The molecule has 6 heteroatoms. The first-order valence-electron chi connectivity index (χ1n) is 5.26. The quantitative estimate of drug-likeness (QED) is 0.732. The maximum absolute atomic E-state index is 11.5. The van der Waals surface area contributed by atoms with Gasteiger partial charge in [0.25, 0.3) is 0 Å². The molecule has 0 aliphatic rings. The fourth-order valence-corrected chi connectivity index (χ4v) is 2.77. The normalized spacial score (nSPS) is 13.9. The van der Waals surface area contributed by atoms with Gasteiger partial charge in [-0.25, -0.2) is 13.1 Å². The van der Waals surface area contributed by atoms with Crippen molar-refractivity contribution in [3.63, 3.8) is 0 Å². The molecule has 92 valence electrons. The molecule has 0 saturated carbocycles. The Morgan fingerprint density at radius 3 is 2.88 bits per heavy atom. The molecule has 1 atom stereocenters. The van der Waals surface area contributed by atoms with Crippen LogP contribution in [-0.4, -0.2) is 26.8 Å². The highest BCUT2D eigenvalue weighted by atomic mass is 32.2. The Hall–Kier alpha value is -0.850. The molecule has 5 nitrogen and oxygen atoms in total. The zero-order valence-electron chi connectivity index (χ0n) is 9.35. The molecule has 1 aromatic rings. The Kier molecular flexibility index (Phi) is 4.98. The van der Waals surface area contributed by atoms with E-state index in [4.69, 9.17) is 10.2 Å². The fraction of sp³-hybridized carbons (Fsp3) is 0.600. The summed E-state index contributed by atoms with van der Waals surface area (Å²) < 4.78 is 30.8. The van der Waals surface area contributed by atoms with Crippen LogP contribution in [0.2, 0.25) is 0 Å². The largest absolute Gasteiger partial charge is 0.469 e. The molecule has 0 fully saturated rings. The van der Waals surface area contributed by atoms with E-state index in [9.17, 15) is 8.42 Å². The maximum atomic E-state index is 11.5. The minimum absolute atomic E-state index is 0.0754. The predicted octanol–water partition coefficient (Wildman–Crippen LogP) is 0.479. The molecule has 1 heterocycles. The van der Waals surface area contributed by atoms with Gasteiger partial charge in [-0.1, -0.05) is 0 Å². The number of nitrogens with one attached hydrogen (secondary N) is 1. The molecule has 3 N–H and O–H groups in total. The van der Waals surface area contributed by atoms with Crippen LogP contribution in [0.4, 0.5) is 0 Å². The maximum Gasteiger partial charge on any atom is 0.211 e. The molecule has 0 aromatic carbocycles. The van der Waals surface area contributed by atoms with Crippen LogP contribution >= 0.6 is 0 Å². The summed E-state index contributed by atoms with van der Waals surface area (Å²) in [6.45, 7) is 2.19. The standard InChI is InChI=1S/C10H18N2O3S/c1-9(8-10-4-2-6-15-10)12-16(13,14)7-3-5-11/h2,4,6,9,12H,3,5,7-8,11H2,1H3. The van der Waals surface area contributed by atoms with E-state index >= 15 is 0 Å². The average Bonchev–Trinajstić information content (AvgIpc) is 2.66. The minimum atomic E-state index is -3.22. The van der Waals surface area contributed by atoms with Gasteiger partial charge < -0.3 is 10.2 Å². The number of sulfonamides is 1. The summed E-state index contributed by atoms with van der Waals surface area (Å²) in [6, 6.07) is 3.43. The average molecular weight is 246 g/mol. The van der Waals surface area contributed by atoms with Gasteiger partial charge in [-0.2, -0.15) is 0 Å². The molecule has 0 bridgehead atoms. The van der Waals surface area contributed by atoms with Crippen molar-refractivity contribution in [2.45, 2.75) is 25.8 Å². The molecule has 1 aromatic heterocycles. The summed E-state index contributed by atoms with van der Waals surface area (Å²) in [4.78, 5) is 0. The molecule has 0 saturated heterocycles. The van der Waals surface area contributed by atoms with Crippen LogP contribution in [-0.2, 0) is 16.4 Å². The summed E-state index contributed by atoms with van der Waals surface area (Å²) in [6.07, 6.45) is 2.60. The van der Waals surface area contributed by atoms with Crippen LogP contribution < -0.4 is 10.5 Å². The zero-order valence-corrected chi connectivity index (χ0v) is 10.2. The third-order valence-electron chi connectivity index (χ3n) is 2.09. The molecule has 16 heavy (non-hydrogen) atoms. The number of nitrogens with two attached hydrogens (primary N) is 1. The van der Waals surface area contributed by atoms with E-state index in [1.165, 1.54) is 0 Å². The monoisotopic (exact) mass is 246 g/mol. The highest BCUT2D eigenvalue weighted by molar-refractivity contribution is 7.89. The van der Waals surface area contributed by atoms with E-state index in [-0.39, 0.29) is 11.8 Å². The molecule has 1 rings (SSSR count). The summed E-state index contributed by atoms with van der Waals surface area (Å²) in [7, 11) is -3.22. The van der Waals surface area contributed by atoms with Crippen molar-refractivity contribution in [1.29, 1.82) is 0 Å². The lowest BCUT2D eigenvalue weighted by atomic mass is 10.2. The summed E-state index contributed by atoms with van der Waals surface area (Å²) >= 11 is 0. The Labute approximate surface area is 96.1 Å². The highest BCUT2D eigenvalue weighted by Crippen LogP contribution is 2.04. The van der Waals surface area contributed by atoms with E-state index in [2.05, 4.69) is 4.72 Å². The van der Waals surface area contributed by atoms with Crippen molar-refractivity contribution in [2.75, 3.05) is 12.3 Å². The number of hydrogen-bond acceptors (Lipinski definition) is 4. The van der Waals surface area contributed by atoms with Crippen molar-refractivity contribution in [3.8, 4) is 0 Å². The van der Waals surface area contributed by atoms with E-state index < -0.39 is 10.0 Å². The molecule has 0 aliphatic carbocycles. The van der Waals surface area contributed by atoms with E-state index in [1.807, 2.05) is 13.0 Å².